The van der Waals surface area contributed by atoms with E-state index in [-0.39, 0.29) is 16.4 Å². The quantitative estimate of drug-likeness (QED) is 0.402. The van der Waals surface area contributed by atoms with Crippen molar-refractivity contribution in [3.63, 3.8) is 0 Å². The van der Waals surface area contributed by atoms with Gasteiger partial charge in [-0.3, -0.25) is 4.79 Å². The Morgan fingerprint density at radius 2 is 1.83 bits per heavy atom. The fraction of sp³-hybridized carbons (Fsp3) is 0.654. The van der Waals surface area contributed by atoms with Crippen molar-refractivity contribution in [1.29, 1.82) is 0 Å². The summed E-state index contributed by atoms with van der Waals surface area (Å²) >= 11 is 0. The summed E-state index contributed by atoms with van der Waals surface area (Å²) < 4.78 is 6.37. The second kappa shape index (κ2) is 7.95. The minimum Gasteiger partial charge on any atom is -0.544 e. The number of benzene rings is 1. The molecule has 0 spiro atoms. The first-order chi connectivity index (χ1) is 13.4. The van der Waals surface area contributed by atoms with E-state index >= 15 is 0 Å². The van der Waals surface area contributed by atoms with Crippen LogP contribution in [0.15, 0.2) is 24.3 Å². The highest BCUT2D eigenvalue weighted by molar-refractivity contribution is 6.74. The third-order valence-electron chi connectivity index (χ3n) is 8.02. The molecule has 158 valence electrons. The first kappa shape index (κ1) is 22.2. The maximum absolute atomic E-state index is 12.4. The Hall–Kier alpha value is -1.53. The van der Waals surface area contributed by atoms with Gasteiger partial charge >= 0.3 is 0 Å². The summed E-state index contributed by atoms with van der Waals surface area (Å²) in [5.41, 5.74) is 1.20. The summed E-state index contributed by atoms with van der Waals surface area (Å²) in [4.78, 5) is 12.4. The van der Waals surface area contributed by atoms with Gasteiger partial charge < -0.3 is 4.43 Å². The molecule has 2 fully saturated rings. The fourth-order valence-electron chi connectivity index (χ4n) is 5.14. The molecule has 0 amide bonds. The van der Waals surface area contributed by atoms with E-state index in [0.717, 1.165) is 37.0 Å². The van der Waals surface area contributed by atoms with Crippen LogP contribution in [0.1, 0.15) is 72.3 Å². The number of Topliss-reactive ketones (excluding diaryl/α,β-unsaturated/α-hetero) is 1. The van der Waals surface area contributed by atoms with Gasteiger partial charge in [-0.1, -0.05) is 46.5 Å². The van der Waals surface area contributed by atoms with Gasteiger partial charge in [0.25, 0.3) is 0 Å². The van der Waals surface area contributed by atoms with Crippen LogP contribution in [0.5, 0.6) is 5.75 Å². The predicted octanol–water partition coefficient (Wildman–Crippen LogP) is 6.84. The number of carbonyl (C=O) groups excluding carboxylic acids is 1. The Labute approximate surface area is 178 Å². The van der Waals surface area contributed by atoms with E-state index in [1.165, 1.54) is 6.42 Å². The lowest BCUT2D eigenvalue weighted by molar-refractivity contribution is -0.129. The molecule has 2 saturated carbocycles. The van der Waals surface area contributed by atoms with E-state index in [1.807, 2.05) is 0 Å². The van der Waals surface area contributed by atoms with Crippen LogP contribution in [0.4, 0.5) is 0 Å². The molecule has 3 rings (SSSR count). The molecule has 0 N–H and O–H groups in total. The minimum atomic E-state index is -1.81. The monoisotopic (exact) mass is 410 g/mol. The zero-order chi connectivity index (χ0) is 21.4. The maximum atomic E-state index is 12.4. The Balaban J connectivity index is 1.68. The number of hydrogen-bond donors (Lipinski definition) is 0. The molecule has 3 heteroatoms. The van der Waals surface area contributed by atoms with Crippen LogP contribution >= 0.6 is 0 Å². The summed E-state index contributed by atoms with van der Waals surface area (Å²) in [6, 6.07) is 8.26. The number of hydrogen-bond acceptors (Lipinski definition) is 2. The summed E-state index contributed by atoms with van der Waals surface area (Å²) in [7, 11) is -1.81. The third-order valence-corrected chi connectivity index (χ3v) is 12.4. The number of ketones is 1. The first-order valence-electron chi connectivity index (χ1n) is 11.3. The van der Waals surface area contributed by atoms with Crippen molar-refractivity contribution in [2.75, 3.05) is 0 Å². The highest BCUT2D eigenvalue weighted by Gasteiger charge is 2.52. The first-order valence-corrected chi connectivity index (χ1v) is 14.2. The zero-order valence-corrected chi connectivity index (χ0v) is 20.4. The number of rotatable bonds is 3. The molecule has 1 aromatic rings. The van der Waals surface area contributed by atoms with Crippen molar-refractivity contribution in [3.05, 3.63) is 29.8 Å². The van der Waals surface area contributed by atoms with Crippen LogP contribution in [-0.2, 0) is 4.79 Å². The molecule has 0 aliphatic heterocycles. The molecule has 29 heavy (non-hydrogen) atoms. The summed E-state index contributed by atoms with van der Waals surface area (Å²) in [5.74, 6) is 9.47. The normalized spacial score (nSPS) is 28.3. The zero-order valence-electron chi connectivity index (χ0n) is 19.4. The van der Waals surface area contributed by atoms with Crippen molar-refractivity contribution in [2.24, 2.45) is 23.2 Å². The topological polar surface area (TPSA) is 26.3 Å². The highest BCUT2D eigenvalue weighted by Crippen LogP contribution is 2.56. The summed E-state index contributed by atoms with van der Waals surface area (Å²) in [5, 5.41) is 0.191. The average molecular weight is 411 g/mol. The number of fused-ring (bicyclic) bond motifs is 1. The van der Waals surface area contributed by atoms with Gasteiger partial charge in [0.15, 0.2) is 0 Å². The van der Waals surface area contributed by atoms with Crippen molar-refractivity contribution in [2.45, 2.75) is 84.9 Å². The molecule has 0 bridgehead atoms. The summed E-state index contributed by atoms with van der Waals surface area (Å²) in [6.07, 6.45) is 5.22. The second-order valence-corrected chi connectivity index (χ2v) is 15.7. The van der Waals surface area contributed by atoms with E-state index in [2.05, 4.69) is 83.8 Å². The van der Waals surface area contributed by atoms with Gasteiger partial charge in [0.05, 0.1) is 0 Å². The molecular weight excluding hydrogens is 372 g/mol. The van der Waals surface area contributed by atoms with Crippen molar-refractivity contribution >= 4 is 14.1 Å². The molecule has 2 nitrogen and oxygen atoms in total. The predicted molar refractivity (Wildman–Crippen MR) is 123 cm³/mol. The van der Waals surface area contributed by atoms with Crippen LogP contribution in [0, 0.1) is 35.0 Å². The van der Waals surface area contributed by atoms with E-state index in [1.54, 1.807) is 0 Å². The van der Waals surface area contributed by atoms with Crippen LogP contribution in [0.2, 0.25) is 18.1 Å². The van der Waals surface area contributed by atoms with E-state index < -0.39 is 8.32 Å². The third kappa shape index (κ3) is 4.48. The van der Waals surface area contributed by atoms with Gasteiger partial charge in [-0.15, -0.1) is 0 Å². The van der Waals surface area contributed by atoms with Crippen LogP contribution in [0.25, 0.3) is 0 Å². The molecule has 0 heterocycles. The highest BCUT2D eigenvalue weighted by atomic mass is 28.4. The molecule has 0 radical (unpaired) electrons. The van der Waals surface area contributed by atoms with Gasteiger partial charge in [0.1, 0.15) is 11.5 Å². The van der Waals surface area contributed by atoms with Crippen molar-refractivity contribution in [3.8, 4) is 17.6 Å². The molecule has 2 aliphatic rings. The molecule has 4 atom stereocenters. The van der Waals surface area contributed by atoms with Gasteiger partial charge in [-0.05, 0) is 79.4 Å². The van der Waals surface area contributed by atoms with E-state index in [9.17, 15) is 4.79 Å². The molecule has 1 aromatic carbocycles. The van der Waals surface area contributed by atoms with Gasteiger partial charge in [0, 0.05) is 23.8 Å². The molecule has 0 saturated heterocycles. The van der Waals surface area contributed by atoms with Gasteiger partial charge in [-0.2, -0.15) is 0 Å². The summed E-state index contributed by atoms with van der Waals surface area (Å²) in [6.45, 7) is 15.9. The maximum Gasteiger partial charge on any atom is 0.250 e. The number of carbonyl (C=O) groups is 1. The lowest BCUT2D eigenvalue weighted by Crippen LogP contribution is -2.43. The molecular formula is C26H38O2Si. The van der Waals surface area contributed by atoms with Crippen molar-refractivity contribution in [1.82, 2.24) is 0 Å². The minimum absolute atomic E-state index is 0.157. The van der Waals surface area contributed by atoms with Crippen LogP contribution in [-0.4, -0.2) is 14.1 Å². The lowest BCUT2D eigenvalue weighted by Gasteiger charge is -2.41. The Kier molecular flexibility index (Phi) is 6.07. The smallest absolute Gasteiger partial charge is 0.250 e. The van der Waals surface area contributed by atoms with Crippen molar-refractivity contribution < 1.29 is 9.22 Å². The molecule has 0 unspecified atom stereocenters. The molecule has 2 aliphatic carbocycles. The second-order valence-electron chi connectivity index (χ2n) is 11.0. The SMILES string of the molecule is C[C@H](C#Cc1ccc(O[Si](C)(C)C(C)(C)C)cc1)[C@H]1CC[C@H]2C(=O)CCC[C@]12C. The Morgan fingerprint density at radius 1 is 1.17 bits per heavy atom. The van der Waals surface area contributed by atoms with Gasteiger partial charge in [-0.25, -0.2) is 0 Å². The fourth-order valence-corrected chi connectivity index (χ4v) is 6.17. The lowest BCUT2D eigenvalue weighted by atomic mass is 9.62. The Morgan fingerprint density at radius 3 is 2.45 bits per heavy atom. The Bertz CT molecular complexity index is 806. The molecule has 0 aromatic heterocycles. The van der Waals surface area contributed by atoms with Crippen LogP contribution < -0.4 is 4.43 Å². The average Bonchev–Trinajstić information content (AvgIpc) is 2.98. The standard InChI is InChI=1S/C26H38O2Si/c1-19(22-16-17-23-24(27)9-8-18-26(22,23)5)10-11-20-12-14-21(15-13-20)28-29(6,7)25(2,3)4/h12-15,19,22-23H,8-9,16-18H2,1-7H3/t19-,22-,23+,26-/m1/s1. The van der Waals surface area contributed by atoms with Gasteiger partial charge in [0.2, 0.25) is 8.32 Å². The van der Waals surface area contributed by atoms with Crippen LogP contribution in [0.3, 0.4) is 0 Å². The largest absolute Gasteiger partial charge is 0.544 e. The van der Waals surface area contributed by atoms with E-state index in [4.69, 9.17) is 4.43 Å². The van der Waals surface area contributed by atoms with E-state index in [0.29, 0.717) is 17.6 Å².